The van der Waals surface area contributed by atoms with Crippen LogP contribution in [0, 0.1) is 18.3 Å². The second-order valence-electron chi connectivity index (χ2n) is 6.66. The van der Waals surface area contributed by atoms with Crippen molar-refractivity contribution in [2.45, 2.75) is 6.92 Å². The summed E-state index contributed by atoms with van der Waals surface area (Å²) in [6.45, 7) is 2.03. The minimum atomic E-state index is -0.975. The maximum Gasteiger partial charge on any atom is 0.335 e. The molecular formula is C24H16N2O3S. The van der Waals surface area contributed by atoms with Crippen molar-refractivity contribution in [2.75, 3.05) is 0 Å². The number of nitrogens with zero attached hydrogens (tertiary/aromatic N) is 2. The number of aromatic nitrogens is 1. The van der Waals surface area contributed by atoms with Gasteiger partial charge in [-0.3, -0.25) is 0 Å². The third-order valence-electron chi connectivity index (χ3n) is 4.53. The first-order valence-corrected chi connectivity index (χ1v) is 10.00. The number of aromatic carboxylic acids is 1. The number of aryl methyl sites for hydroxylation is 1. The topological polar surface area (TPSA) is 87.1 Å². The molecular weight excluding hydrogens is 396 g/mol. The normalized spacial score (nSPS) is 11.3. The summed E-state index contributed by atoms with van der Waals surface area (Å²) < 4.78 is 5.83. The molecule has 0 amide bonds. The molecule has 0 aliphatic heterocycles. The quantitative estimate of drug-likeness (QED) is 0.398. The molecule has 4 aromatic rings. The molecule has 30 heavy (non-hydrogen) atoms. The van der Waals surface area contributed by atoms with Crippen molar-refractivity contribution in [3.8, 4) is 28.7 Å². The smallest absolute Gasteiger partial charge is 0.335 e. The van der Waals surface area contributed by atoms with Crippen molar-refractivity contribution >= 4 is 29.0 Å². The first kappa shape index (κ1) is 19.4. The van der Waals surface area contributed by atoms with Crippen LogP contribution in [0.1, 0.15) is 26.7 Å². The lowest BCUT2D eigenvalue weighted by atomic mass is 10.1. The fourth-order valence-electron chi connectivity index (χ4n) is 2.90. The highest BCUT2D eigenvalue weighted by atomic mass is 32.1. The van der Waals surface area contributed by atoms with Gasteiger partial charge in [-0.05, 0) is 31.2 Å². The van der Waals surface area contributed by atoms with Crippen molar-refractivity contribution in [2.24, 2.45) is 0 Å². The van der Waals surface area contributed by atoms with Crippen LogP contribution >= 0.6 is 11.3 Å². The van der Waals surface area contributed by atoms with E-state index in [1.54, 1.807) is 30.3 Å². The van der Waals surface area contributed by atoms with E-state index in [1.807, 2.05) is 36.6 Å². The van der Waals surface area contributed by atoms with Gasteiger partial charge in [0.1, 0.15) is 22.6 Å². The average molecular weight is 412 g/mol. The zero-order valence-electron chi connectivity index (χ0n) is 16.0. The third kappa shape index (κ3) is 4.07. The lowest BCUT2D eigenvalue weighted by Gasteiger charge is -1.98. The Balaban J connectivity index is 1.59. The van der Waals surface area contributed by atoms with E-state index in [0.29, 0.717) is 22.1 Å². The largest absolute Gasteiger partial charge is 0.478 e. The second-order valence-corrected chi connectivity index (χ2v) is 7.52. The SMILES string of the molecule is Cc1ccc(-c2csc(/C(C#N)=C/c3ccc(-c4ccc(C(=O)O)cc4)o3)n2)cc1. The van der Waals surface area contributed by atoms with Gasteiger partial charge in [0.25, 0.3) is 0 Å². The minimum Gasteiger partial charge on any atom is -0.478 e. The number of allylic oxidation sites excluding steroid dienone is 1. The van der Waals surface area contributed by atoms with Crippen LogP contribution in [0.3, 0.4) is 0 Å². The van der Waals surface area contributed by atoms with Gasteiger partial charge in [-0.15, -0.1) is 11.3 Å². The number of furan rings is 1. The Labute approximate surface area is 177 Å². The lowest BCUT2D eigenvalue weighted by molar-refractivity contribution is 0.0697. The van der Waals surface area contributed by atoms with E-state index in [1.165, 1.54) is 29.0 Å². The van der Waals surface area contributed by atoms with Crippen LogP contribution in [0.15, 0.2) is 70.5 Å². The molecule has 2 aromatic carbocycles. The van der Waals surface area contributed by atoms with Crippen molar-refractivity contribution in [3.05, 3.63) is 87.9 Å². The van der Waals surface area contributed by atoms with E-state index < -0.39 is 5.97 Å². The number of benzene rings is 2. The molecule has 5 nitrogen and oxygen atoms in total. The Morgan fingerprint density at radius 2 is 1.77 bits per heavy atom. The van der Waals surface area contributed by atoms with Gasteiger partial charge >= 0.3 is 5.97 Å². The van der Waals surface area contributed by atoms with Crippen molar-refractivity contribution in [3.63, 3.8) is 0 Å². The summed E-state index contributed by atoms with van der Waals surface area (Å²) in [7, 11) is 0. The molecule has 0 fully saturated rings. The van der Waals surface area contributed by atoms with Gasteiger partial charge in [-0.25, -0.2) is 9.78 Å². The molecule has 6 heteroatoms. The zero-order chi connectivity index (χ0) is 21.1. The molecule has 0 atom stereocenters. The number of carboxylic acid groups (broad SMARTS) is 1. The van der Waals surface area contributed by atoms with Crippen LogP contribution in [0.2, 0.25) is 0 Å². The molecule has 0 radical (unpaired) electrons. The van der Waals surface area contributed by atoms with Gasteiger partial charge in [-0.2, -0.15) is 5.26 Å². The zero-order valence-corrected chi connectivity index (χ0v) is 16.8. The number of hydrogen-bond donors (Lipinski definition) is 1. The second kappa shape index (κ2) is 8.19. The summed E-state index contributed by atoms with van der Waals surface area (Å²) in [5.74, 6) is 0.141. The summed E-state index contributed by atoms with van der Waals surface area (Å²) in [5, 5.41) is 21.2. The lowest BCUT2D eigenvalue weighted by Crippen LogP contribution is -1.94. The Bertz CT molecular complexity index is 1270. The minimum absolute atomic E-state index is 0.213. The summed E-state index contributed by atoms with van der Waals surface area (Å²) in [4.78, 5) is 15.6. The molecule has 0 aliphatic rings. The van der Waals surface area contributed by atoms with E-state index in [2.05, 4.69) is 11.1 Å². The number of thiazole rings is 1. The maximum atomic E-state index is 11.0. The van der Waals surface area contributed by atoms with Gasteiger partial charge in [0, 0.05) is 22.6 Å². The summed E-state index contributed by atoms with van der Waals surface area (Å²) in [6.07, 6.45) is 1.66. The standard InChI is InChI=1S/C24H16N2O3S/c1-15-2-4-16(5-3-15)21-14-30-23(26-21)19(13-25)12-20-10-11-22(29-20)17-6-8-18(9-7-17)24(27)28/h2-12,14H,1H3,(H,27,28)/b19-12+. The van der Waals surface area contributed by atoms with Gasteiger partial charge < -0.3 is 9.52 Å². The van der Waals surface area contributed by atoms with Gasteiger partial charge in [0.05, 0.1) is 16.8 Å². The van der Waals surface area contributed by atoms with Gasteiger partial charge in [0.2, 0.25) is 0 Å². The summed E-state index contributed by atoms with van der Waals surface area (Å²) >= 11 is 1.41. The van der Waals surface area contributed by atoms with Gasteiger partial charge in [0.15, 0.2) is 0 Å². The molecule has 0 spiro atoms. The first-order valence-electron chi connectivity index (χ1n) is 9.12. The Hall–Kier alpha value is -3.95. The van der Waals surface area contributed by atoms with Crippen LogP contribution in [0.25, 0.3) is 34.2 Å². The van der Waals surface area contributed by atoms with E-state index in [9.17, 15) is 10.1 Å². The van der Waals surface area contributed by atoms with Crippen LogP contribution in [-0.4, -0.2) is 16.1 Å². The molecule has 146 valence electrons. The molecule has 2 heterocycles. The molecule has 1 N–H and O–H groups in total. The predicted molar refractivity (Wildman–Crippen MR) is 117 cm³/mol. The van der Waals surface area contributed by atoms with Crippen molar-refractivity contribution in [1.82, 2.24) is 4.98 Å². The molecule has 0 aliphatic carbocycles. The van der Waals surface area contributed by atoms with E-state index in [4.69, 9.17) is 9.52 Å². The van der Waals surface area contributed by atoms with Crippen LogP contribution in [0.5, 0.6) is 0 Å². The fourth-order valence-corrected chi connectivity index (χ4v) is 3.70. The highest BCUT2D eigenvalue weighted by Crippen LogP contribution is 2.29. The Morgan fingerprint density at radius 1 is 1.07 bits per heavy atom. The number of carboxylic acids is 1. The number of carbonyl (C=O) groups is 1. The van der Waals surface area contributed by atoms with E-state index >= 15 is 0 Å². The number of nitriles is 1. The first-order chi connectivity index (χ1) is 14.5. The fraction of sp³-hybridized carbons (Fsp3) is 0.0417. The van der Waals surface area contributed by atoms with Crippen LogP contribution in [0.4, 0.5) is 0 Å². The summed E-state index contributed by atoms with van der Waals surface area (Å²) in [6, 6.07) is 20.3. The Morgan fingerprint density at radius 3 is 2.43 bits per heavy atom. The Kier molecular flexibility index (Phi) is 5.29. The third-order valence-corrected chi connectivity index (χ3v) is 5.41. The molecule has 0 unspecified atom stereocenters. The highest BCUT2D eigenvalue weighted by Gasteiger charge is 2.11. The van der Waals surface area contributed by atoms with E-state index in [0.717, 1.165) is 16.8 Å². The monoisotopic (exact) mass is 412 g/mol. The highest BCUT2D eigenvalue weighted by molar-refractivity contribution is 7.11. The number of hydrogen-bond acceptors (Lipinski definition) is 5. The van der Waals surface area contributed by atoms with Crippen LogP contribution in [-0.2, 0) is 0 Å². The number of rotatable bonds is 5. The van der Waals surface area contributed by atoms with E-state index in [-0.39, 0.29) is 5.56 Å². The van der Waals surface area contributed by atoms with Crippen LogP contribution < -0.4 is 0 Å². The average Bonchev–Trinajstić information content (AvgIpc) is 3.42. The van der Waals surface area contributed by atoms with Crippen molar-refractivity contribution < 1.29 is 14.3 Å². The molecule has 2 aromatic heterocycles. The summed E-state index contributed by atoms with van der Waals surface area (Å²) in [5.41, 5.74) is 4.40. The van der Waals surface area contributed by atoms with Gasteiger partial charge in [-0.1, -0.05) is 42.0 Å². The maximum absolute atomic E-state index is 11.0. The molecule has 0 saturated heterocycles. The molecule has 0 saturated carbocycles. The molecule has 4 rings (SSSR count). The predicted octanol–water partition coefficient (Wildman–Crippen LogP) is 6.14. The van der Waals surface area contributed by atoms with Crippen molar-refractivity contribution in [1.29, 1.82) is 5.26 Å². The molecule has 0 bridgehead atoms.